The first kappa shape index (κ1) is 13.9. The molecule has 110 valence electrons. The summed E-state index contributed by atoms with van der Waals surface area (Å²) in [6, 6.07) is 8.13. The highest BCUT2D eigenvalue weighted by Crippen LogP contribution is 2.43. The fourth-order valence-electron chi connectivity index (χ4n) is 3.17. The van der Waals surface area contributed by atoms with Gasteiger partial charge < -0.3 is 9.84 Å². The van der Waals surface area contributed by atoms with Crippen molar-refractivity contribution in [2.45, 2.75) is 70.5 Å². The lowest BCUT2D eigenvalue weighted by atomic mass is 9.82. The summed E-state index contributed by atoms with van der Waals surface area (Å²) in [7, 11) is 0. The van der Waals surface area contributed by atoms with Crippen LogP contribution in [0.3, 0.4) is 0 Å². The van der Waals surface area contributed by atoms with Crippen LogP contribution in [-0.2, 0) is 5.60 Å². The molecule has 3 rings (SSSR count). The Balaban J connectivity index is 1.72. The topological polar surface area (TPSA) is 29.5 Å². The van der Waals surface area contributed by atoms with E-state index in [1.165, 1.54) is 19.3 Å². The fraction of sp³-hybridized carbons (Fsp3) is 0.667. The van der Waals surface area contributed by atoms with Crippen molar-refractivity contribution in [3.8, 4) is 5.75 Å². The molecule has 20 heavy (non-hydrogen) atoms. The van der Waals surface area contributed by atoms with E-state index in [2.05, 4.69) is 26.0 Å². The highest BCUT2D eigenvalue weighted by molar-refractivity contribution is 5.31. The van der Waals surface area contributed by atoms with Gasteiger partial charge >= 0.3 is 0 Å². The van der Waals surface area contributed by atoms with Crippen LogP contribution in [0.1, 0.15) is 64.4 Å². The minimum atomic E-state index is -0.647. The molecule has 2 fully saturated rings. The Labute approximate surface area is 122 Å². The molecule has 0 bridgehead atoms. The maximum absolute atomic E-state index is 11.0. The fourth-order valence-corrected chi connectivity index (χ4v) is 3.17. The predicted molar refractivity (Wildman–Crippen MR) is 80.9 cm³/mol. The van der Waals surface area contributed by atoms with E-state index in [1.807, 2.05) is 12.1 Å². The molecular weight excluding hydrogens is 248 g/mol. The van der Waals surface area contributed by atoms with E-state index < -0.39 is 5.60 Å². The molecule has 0 aromatic heterocycles. The van der Waals surface area contributed by atoms with E-state index in [4.69, 9.17) is 4.74 Å². The summed E-state index contributed by atoms with van der Waals surface area (Å²) < 4.78 is 5.78. The molecule has 0 amide bonds. The maximum Gasteiger partial charge on any atom is 0.119 e. The summed E-state index contributed by atoms with van der Waals surface area (Å²) in [4.78, 5) is 0. The summed E-state index contributed by atoms with van der Waals surface area (Å²) in [6.07, 6.45) is 7.93. The standard InChI is InChI=1S/C18H26O2/c1-17(2)10-3-11-18(19,13-12-17)14-4-6-15(7-5-14)20-16-8-9-16/h4-7,16,19H,3,8-13H2,1-2H3. The van der Waals surface area contributed by atoms with Gasteiger partial charge in [0, 0.05) is 0 Å². The van der Waals surface area contributed by atoms with Crippen molar-refractivity contribution in [3.05, 3.63) is 29.8 Å². The second-order valence-electron chi connectivity index (χ2n) is 7.39. The molecule has 1 atom stereocenters. The van der Waals surface area contributed by atoms with E-state index >= 15 is 0 Å². The lowest BCUT2D eigenvalue weighted by molar-refractivity contribution is 0.0180. The van der Waals surface area contributed by atoms with Gasteiger partial charge in [-0.15, -0.1) is 0 Å². The highest BCUT2D eigenvalue weighted by atomic mass is 16.5. The minimum Gasteiger partial charge on any atom is -0.490 e. The van der Waals surface area contributed by atoms with Crippen LogP contribution in [0.25, 0.3) is 0 Å². The van der Waals surface area contributed by atoms with Crippen LogP contribution >= 0.6 is 0 Å². The number of rotatable bonds is 3. The van der Waals surface area contributed by atoms with E-state index in [0.717, 1.165) is 37.0 Å². The smallest absolute Gasteiger partial charge is 0.119 e. The molecule has 2 aliphatic rings. The lowest BCUT2D eigenvalue weighted by Crippen LogP contribution is -2.25. The van der Waals surface area contributed by atoms with Gasteiger partial charge in [-0.05, 0) is 68.1 Å². The molecule has 1 aromatic carbocycles. The van der Waals surface area contributed by atoms with Gasteiger partial charge in [0.1, 0.15) is 5.75 Å². The number of aliphatic hydroxyl groups is 1. The van der Waals surface area contributed by atoms with Gasteiger partial charge in [-0.3, -0.25) is 0 Å². The molecule has 0 radical (unpaired) electrons. The third-order valence-electron chi connectivity index (χ3n) is 4.88. The van der Waals surface area contributed by atoms with E-state index in [0.29, 0.717) is 11.5 Å². The quantitative estimate of drug-likeness (QED) is 0.827. The molecule has 1 N–H and O–H groups in total. The van der Waals surface area contributed by atoms with Gasteiger partial charge in [0.25, 0.3) is 0 Å². The van der Waals surface area contributed by atoms with Gasteiger partial charge in [-0.1, -0.05) is 26.0 Å². The van der Waals surface area contributed by atoms with Crippen molar-refractivity contribution in [1.82, 2.24) is 0 Å². The first-order chi connectivity index (χ1) is 9.47. The average Bonchev–Trinajstić information content (AvgIpc) is 3.21. The predicted octanol–water partition coefficient (Wildman–Crippen LogP) is 4.41. The summed E-state index contributed by atoms with van der Waals surface area (Å²) in [5.74, 6) is 0.939. The molecule has 0 saturated heterocycles. The van der Waals surface area contributed by atoms with Gasteiger partial charge in [0.15, 0.2) is 0 Å². The number of benzene rings is 1. The minimum absolute atomic E-state index is 0.361. The summed E-state index contributed by atoms with van der Waals surface area (Å²) >= 11 is 0. The van der Waals surface area contributed by atoms with Gasteiger partial charge in [0.05, 0.1) is 11.7 Å². The normalized spacial score (nSPS) is 29.8. The van der Waals surface area contributed by atoms with E-state index in [1.54, 1.807) is 0 Å². The Kier molecular flexibility index (Phi) is 3.53. The Bertz CT molecular complexity index is 459. The molecule has 0 heterocycles. The van der Waals surface area contributed by atoms with Crippen LogP contribution in [-0.4, -0.2) is 11.2 Å². The van der Waals surface area contributed by atoms with Crippen molar-refractivity contribution < 1.29 is 9.84 Å². The molecule has 2 aliphatic carbocycles. The second-order valence-corrected chi connectivity index (χ2v) is 7.39. The first-order valence-electron chi connectivity index (χ1n) is 7.97. The van der Waals surface area contributed by atoms with Crippen LogP contribution in [0.5, 0.6) is 5.75 Å². The number of hydrogen-bond acceptors (Lipinski definition) is 2. The third kappa shape index (κ3) is 3.17. The summed E-state index contributed by atoms with van der Waals surface area (Å²) in [6.45, 7) is 4.62. The zero-order valence-corrected chi connectivity index (χ0v) is 12.7. The van der Waals surface area contributed by atoms with E-state index in [-0.39, 0.29) is 0 Å². The van der Waals surface area contributed by atoms with Gasteiger partial charge in [0.2, 0.25) is 0 Å². The van der Waals surface area contributed by atoms with Crippen molar-refractivity contribution in [1.29, 1.82) is 0 Å². The first-order valence-corrected chi connectivity index (χ1v) is 7.97. The Morgan fingerprint density at radius 2 is 1.70 bits per heavy atom. The third-order valence-corrected chi connectivity index (χ3v) is 4.88. The van der Waals surface area contributed by atoms with Crippen LogP contribution < -0.4 is 4.74 Å². The molecule has 0 spiro atoms. The van der Waals surface area contributed by atoms with Crippen molar-refractivity contribution >= 4 is 0 Å². The SMILES string of the molecule is CC1(C)CCCC(O)(c2ccc(OC3CC3)cc2)CC1. The molecule has 2 heteroatoms. The second kappa shape index (κ2) is 5.07. The van der Waals surface area contributed by atoms with Crippen LogP contribution in [0.15, 0.2) is 24.3 Å². The highest BCUT2D eigenvalue weighted by Gasteiger charge is 2.35. The Morgan fingerprint density at radius 3 is 2.35 bits per heavy atom. The average molecular weight is 274 g/mol. The van der Waals surface area contributed by atoms with Crippen LogP contribution in [0, 0.1) is 5.41 Å². The maximum atomic E-state index is 11.0. The van der Waals surface area contributed by atoms with Gasteiger partial charge in [-0.25, -0.2) is 0 Å². The zero-order chi connectivity index (χ0) is 14.2. The van der Waals surface area contributed by atoms with Crippen molar-refractivity contribution in [3.63, 3.8) is 0 Å². The van der Waals surface area contributed by atoms with Crippen LogP contribution in [0.4, 0.5) is 0 Å². The molecular formula is C18H26O2. The van der Waals surface area contributed by atoms with Gasteiger partial charge in [-0.2, -0.15) is 0 Å². The number of hydrogen-bond donors (Lipinski definition) is 1. The largest absolute Gasteiger partial charge is 0.490 e. The van der Waals surface area contributed by atoms with Crippen LogP contribution in [0.2, 0.25) is 0 Å². The van der Waals surface area contributed by atoms with Crippen molar-refractivity contribution in [2.24, 2.45) is 5.41 Å². The van der Waals surface area contributed by atoms with E-state index in [9.17, 15) is 5.11 Å². The number of ether oxygens (including phenoxy) is 1. The molecule has 1 unspecified atom stereocenters. The summed E-state index contributed by atoms with van der Waals surface area (Å²) in [5, 5.41) is 11.0. The molecule has 2 nitrogen and oxygen atoms in total. The Morgan fingerprint density at radius 1 is 1.00 bits per heavy atom. The lowest BCUT2D eigenvalue weighted by Gasteiger charge is -2.28. The molecule has 0 aliphatic heterocycles. The molecule has 2 saturated carbocycles. The molecule has 1 aromatic rings. The Hall–Kier alpha value is -1.02. The van der Waals surface area contributed by atoms with Crippen molar-refractivity contribution in [2.75, 3.05) is 0 Å². The monoisotopic (exact) mass is 274 g/mol. The summed E-state index contributed by atoms with van der Waals surface area (Å²) in [5.41, 5.74) is 0.768. The zero-order valence-electron chi connectivity index (χ0n) is 12.7.